The van der Waals surface area contributed by atoms with Crippen LogP contribution < -0.4 is 10.5 Å². The molecule has 6 heteroatoms. The molecule has 2 aromatic carbocycles. The topological polar surface area (TPSA) is 92.4 Å². The molecule has 21 heavy (non-hydrogen) atoms. The Morgan fingerprint density at radius 1 is 1.00 bits per heavy atom. The van der Waals surface area contributed by atoms with Gasteiger partial charge in [-0.25, -0.2) is 8.42 Å². The Morgan fingerprint density at radius 3 is 2.29 bits per heavy atom. The van der Waals surface area contributed by atoms with Gasteiger partial charge in [-0.15, -0.1) is 0 Å². The number of aliphatic hydroxyl groups excluding tert-OH is 1. The quantitative estimate of drug-likeness (QED) is 0.755. The van der Waals surface area contributed by atoms with Crippen molar-refractivity contribution >= 4 is 15.7 Å². The average molecular weight is 306 g/mol. The van der Waals surface area contributed by atoms with Crippen LogP contribution in [0.25, 0.3) is 0 Å². The molecule has 2 rings (SSSR count). The molecule has 112 valence electrons. The average Bonchev–Trinajstić information content (AvgIpc) is 2.47. The van der Waals surface area contributed by atoms with E-state index in [0.29, 0.717) is 17.8 Å². The third kappa shape index (κ3) is 4.56. The summed E-state index contributed by atoms with van der Waals surface area (Å²) >= 11 is 0. The monoisotopic (exact) mass is 306 g/mol. The first-order chi connectivity index (χ1) is 10.0. The van der Waals surface area contributed by atoms with Crippen LogP contribution in [0.5, 0.6) is 0 Å². The molecule has 0 aliphatic carbocycles. The second-order valence-electron chi connectivity index (χ2n) is 4.74. The van der Waals surface area contributed by atoms with Gasteiger partial charge in [0.15, 0.2) is 0 Å². The molecular formula is C15H18N2O3S. The molecule has 0 bridgehead atoms. The highest BCUT2D eigenvalue weighted by Crippen LogP contribution is 2.15. The highest BCUT2D eigenvalue weighted by molar-refractivity contribution is 7.91. The summed E-state index contributed by atoms with van der Waals surface area (Å²) in [5, 5.41) is 8.96. The van der Waals surface area contributed by atoms with E-state index in [2.05, 4.69) is 4.72 Å². The van der Waals surface area contributed by atoms with Gasteiger partial charge in [0.05, 0.1) is 12.4 Å². The Kier molecular flexibility index (Phi) is 4.95. The van der Waals surface area contributed by atoms with Crippen LogP contribution in [0, 0.1) is 0 Å². The fourth-order valence-corrected chi connectivity index (χ4v) is 3.15. The fourth-order valence-electron chi connectivity index (χ4n) is 1.96. The number of anilines is 1. The molecule has 0 saturated heterocycles. The molecule has 2 aromatic rings. The van der Waals surface area contributed by atoms with Crippen LogP contribution in [0.15, 0.2) is 48.5 Å². The van der Waals surface area contributed by atoms with Gasteiger partial charge in [-0.2, -0.15) is 0 Å². The lowest BCUT2D eigenvalue weighted by molar-refractivity contribution is 0.282. The van der Waals surface area contributed by atoms with Crippen LogP contribution in [0.4, 0.5) is 5.69 Å². The number of aliphatic hydroxyl groups is 1. The van der Waals surface area contributed by atoms with Gasteiger partial charge in [0.2, 0.25) is 10.0 Å². The third-order valence-electron chi connectivity index (χ3n) is 2.99. The summed E-state index contributed by atoms with van der Waals surface area (Å²) < 4.78 is 26.8. The van der Waals surface area contributed by atoms with Crippen molar-refractivity contribution in [3.63, 3.8) is 0 Å². The first-order valence-corrected chi connectivity index (χ1v) is 8.16. The lowest BCUT2D eigenvalue weighted by atomic mass is 10.1. The Bertz CT molecular complexity index is 697. The second-order valence-corrected chi connectivity index (χ2v) is 6.46. The van der Waals surface area contributed by atoms with Crippen molar-refractivity contribution in [2.24, 2.45) is 5.73 Å². The van der Waals surface area contributed by atoms with E-state index in [1.807, 2.05) is 6.07 Å². The largest absolute Gasteiger partial charge is 0.392 e. The van der Waals surface area contributed by atoms with Crippen molar-refractivity contribution in [2.75, 3.05) is 4.72 Å². The molecule has 0 unspecified atom stereocenters. The standard InChI is InChI=1S/C15H18N2O3S/c16-9-13-2-1-3-14(8-13)11-21(19,20)17-15-6-4-12(10-18)5-7-15/h1-8,17-18H,9-11,16H2. The summed E-state index contributed by atoms with van der Waals surface area (Å²) in [7, 11) is -3.49. The zero-order valence-corrected chi connectivity index (χ0v) is 12.3. The molecule has 0 aromatic heterocycles. The maximum Gasteiger partial charge on any atom is 0.236 e. The number of sulfonamides is 1. The summed E-state index contributed by atoms with van der Waals surface area (Å²) in [5.41, 5.74) is 8.34. The van der Waals surface area contributed by atoms with Crippen molar-refractivity contribution in [3.05, 3.63) is 65.2 Å². The molecule has 4 N–H and O–H groups in total. The molecule has 0 radical (unpaired) electrons. The van der Waals surface area contributed by atoms with Crippen molar-refractivity contribution in [1.29, 1.82) is 0 Å². The minimum atomic E-state index is -3.49. The first-order valence-electron chi connectivity index (χ1n) is 6.50. The van der Waals surface area contributed by atoms with Crippen LogP contribution in [0.3, 0.4) is 0 Å². The normalized spacial score (nSPS) is 11.3. The van der Waals surface area contributed by atoms with Crippen LogP contribution in [-0.2, 0) is 28.9 Å². The van der Waals surface area contributed by atoms with E-state index >= 15 is 0 Å². The SMILES string of the molecule is NCc1cccc(CS(=O)(=O)Nc2ccc(CO)cc2)c1. The molecule has 0 aliphatic heterocycles. The van der Waals surface area contributed by atoms with E-state index in [-0.39, 0.29) is 12.4 Å². The van der Waals surface area contributed by atoms with E-state index in [4.69, 9.17) is 10.8 Å². The molecule has 0 saturated carbocycles. The Labute approximate surface area is 124 Å². The van der Waals surface area contributed by atoms with Gasteiger partial charge in [0, 0.05) is 12.2 Å². The molecule has 0 spiro atoms. The lowest BCUT2D eigenvalue weighted by Crippen LogP contribution is -2.15. The number of hydrogen-bond donors (Lipinski definition) is 3. The number of nitrogens with two attached hydrogens (primary N) is 1. The van der Waals surface area contributed by atoms with Gasteiger partial charge < -0.3 is 10.8 Å². The predicted octanol–water partition coefficient (Wildman–Crippen LogP) is 1.58. The minimum absolute atomic E-state index is 0.0705. The van der Waals surface area contributed by atoms with Gasteiger partial charge in [0.1, 0.15) is 0 Å². The Hall–Kier alpha value is -1.89. The molecule has 0 aliphatic rings. The maximum atomic E-state index is 12.1. The zero-order chi connectivity index (χ0) is 15.3. The van der Waals surface area contributed by atoms with Crippen LogP contribution in [-0.4, -0.2) is 13.5 Å². The first kappa shape index (κ1) is 15.5. The molecule has 0 heterocycles. The van der Waals surface area contributed by atoms with E-state index in [9.17, 15) is 8.42 Å². The highest BCUT2D eigenvalue weighted by Gasteiger charge is 2.12. The third-order valence-corrected chi connectivity index (χ3v) is 4.25. The highest BCUT2D eigenvalue weighted by atomic mass is 32.2. The number of rotatable bonds is 6. The summed E-state index contributed by atoms with van der Waals surface area (Å²) in [6.07, 6.45) is 0. The maximum absolute atomic E-state index is 12.1. The smallest absolute Gasteiger partial charge is 0.236 e. The summed E-state index contributed by atoms with van der Waals surface area (Å²) in [6, 6.07) is 13.8. The predicted molar refractivity (Wildman–Crippen MR) is 82.9 cm³/mol. The second kappa shape index (κ2) is 6.71. The summed E-state index contributed by atoms with van der Waals surface area (Å²) in [6.45, 7) is 0.308. The van der Waals surface area contributed by atoms with Crippen LogP contribution in [0.2, 0.25) is 0 Å². The lowest BCUT2D eigenvalue weighted by Gasteiger charge is -2.09. The summed E-state index contributed by atoms with van der Waals surface area (Å²) in [4.78, 5) is 0. The van der Waals surface area contributed by atoms with E-state index in [0.717, 1.165) is 11.1 Å². The Morgan fingerprint density at radius 2 is 1.67 bits per heavy atom. The van der Waals surface area contributed by atoms with E-state index in [1.165, 1.54) is 0 Å². The van der Waals surface area contributed by atoms with E-state index in [1.54, 1.807) is 42.5 Å². The molecule has 5 nitrogen and oxygen atoms in total. The van der Waals surface area contributed by atoms with Gasteiger partial charge in [0.25, 0.3) is 0 Å². The van der Waals surface area contributed by atoms with Crippen LogP contribution in [0.1, 0.15) is 16.7 Å². The van der Waals surface area contributed by atoms with Gasteiger partial charge in [-0.3, -0.25) is 4.72 Å². The number of benzene rings is 2. The van der Waals surface area contributed by atoms with Crippen LogP contribution >= 0.6 is 0 Å². The van der Waals surface area contributed by atoms with Gasteiger partial charge in [-0.1, -0.05) is 36.4 Å². The fraction of sp³-hybridized carbons (Fsp3) is 0.200. The molecule has 0 fully saturated rings. The number of hydrogen-bond acceptors (Lipinski definition) is 4. The van der Waals surface area contributed by atoms with E-state index < -0.39 is 10.0 Å². The molecular weight excluding hydrogens is 288 g/mol. The van der Waals surface area contributed by atoms with Crippen molar-refractivity contribution in [3.8, 4) is 0 Å². The van der Waals surface area contributed by atoms with Crippen molar-refractivity contribution < 1.29 is 13.5 Å². The number of nitrogens with one attached hydrogen (secondary N) is 1. The summed E-state index contributed by atoms with van der Waals surface area (Å²) in [5.74, 6) is -0.109. The minimum Gasteiger partial charge on any atom is -0.392 e. The molecule has 0 amide bonds. The van der Waals surface area contributed by atoms with Gasteiger partial charge >= 0.3 is 0 Å². The van der Waals surface area contributed by atoms with Crippen molar-refractivity contribution in [2.45, 2.75) is 18.9 Å². The molecule has 0 atom stereocenters. The van der Waals surface area contributed by atoms with Crippen molar-refractivity contribution in [1.82, 2.24) is 0 Å². The Balaban J connectivity index is 2.10. The van der Waals surface area contributed by atoms with Gasteiger partial charge in [-0.05, 0) is 28.8 Å². The zero-order valence-electron chi connectivity index (χ0n) is 11.5.